The molecule has 2 heterocycles. The Labute approximate surface area is 178 Å². The van der Waals surface area contributed by atoms with Gasteiger partial charge in [-0.2, -0.15) is 0 Å². The summed E-state index contributed by atoms with van der Waals surface area (Å²) in [5.41, 5.74) is 9.81. The molecule has 0 aliphatic rings. The third-order valence-corrected chi connectivity index (χ3v) is 4.80. The predicted octanol–water partition coefficient (Wildman–Crippen LogP) is 4.90. The number of nitrogens with two attached hydrogens (primary N) is 1. The summed E-state index contributed by atoms with van der Waals surface area (Å²) in [6.45, 7) is 2.28. The van der Waals surface area contributed by atoms with Crippen LogP contribution in [0.5, 0.6) is 11.5 Å². The monoisotopic (exact) mass is 421 g/mol. The van der Waals surface area contributed by atoms with Gasteiger partial charge in [0.2, 0.25) is 0 Å². The van der Waals surface area contributed by atoms with Crippen LogP contribution >= 0.6 is 11.6 Å². The first-order chi connectivity index (χ1) is 14.5. The van der Waals surface area contributed by atoms with Crippen molar-refractivity contribution in [2.24, 2.45) is 0 Å². The second-order valence-corrected chi connectivity index (χ2v) is 7.07. The van der Waals surface area contributed by atoms with Gasteiger partial charge in [-0.1, -0.05) is 17.7 Å². The zero-order chi connectivity index (χ0) is 21.1. The molecule has 0 atom stereocenters. The fraction of sp³-hybridized carbons (Fsp3) is 0.136. The number of halogens is 1. The van der Waals surface area contributed by atoms with E-state index in [1.54, 1.807) is 31.4 Å². The highest BCUT2D eigenvalue weighted by Gasteiger charge is 2.10. The summed E-state index contributed by atoms with van der Waals surface area (Å²) in [6, 6.07) is 14.8. The minimum absolute atomic E-state index is 0.339. The van der Waals surface area contributed by atoms with Crippen molar-refractivity contribution in [1.82, 2.24) is 15.0 Å². The highest BCUT2D eigenvalue weighted by molar-refractivity contribution is 6.32. The quantitative estimate of drug-likeness (QED) is 0.427. The fourth-order valence-electron chi connectivity index (χ4n) is 3.04. The molecule has 152 valence electrons. The largest absolute Gasteiger partial charge is 0.495 e. The van der Waals surface area contributed by atoms with Gasteiger partial charge in [0.05, 0.1) is 29.0 Å². The molecule has 0 spiro atoms. The molecule has 0 bridgehead atoms. The Morgan fingerprint density at radius 3 is 2.70 bits per heavy atom. The summed E-state index contributed by atoms with van der Waals surface area (Å²) in [4.78, 5) is 13.0. The molecule has 4 rings (SSSR count). The number of nitrogens with zero attached hydrogens (tertiary/aromatic N) is 3. The lowest BCUT2D eigenvalue weighted by Gasteiger charge is -2.13. The molecule has 2 aromatic heterocycles. The molecule has 0 unspecified atom stereocenters. The van der Waals surface area contributed by atoms with Crippen LogP contribution in [0.3, 0.4) is 0 Å². The molecule has 0 saturated carbocycles. The number of aryl methyl sites for hydroxylation is 1. The number of ether oxygens (including phenoxy) is 2. The number of fused-ring (bicyclic) bond motifs is 1. The Bertz CT molecular complexity index is 1220. The Balaban J connectivity index is 1.54. The van der Waals surface area contributed by atoms with Gasteiger partial charge in [-0.15, -0.1) is 0 Å². The molecule has 0 aliphatic carbocycles. The summed E-state index contributed by atoms with van der Waals surface area (Å²) >= 11 is 6.42. The zero-order valence-electron chi connectivity index (χ0n) is 16.5. The molecule has 2 aromatic carbocycles. The number of rotatable bonds is 6. The highest BCUT2D eigenvalue weighted by Crippen LogP contribution is 2.33. The van der Waals surface area contributed by atoms with Crippen LogP contribution in [-0.4, -0.2) is 22.1 Å². The van der Waals surface area contributed by atoms with E-state index in [9.17, 15) is 0 Å². The molecule has 8 heteroatoms. The van der Waals surface area contributed by atoms with Crippen molar-refractivity contribution in [3.63, 3.8) is 0 Å². The Morgan fingerprint density at radius 1 is 1.07 bits per heavy atom. The first-order valence-corrected chi connectivity index (χ1v) is 9.61. The minimum atomic E-state index is 0.339. The van der Waals surface area contributed by atoms with E-state index >= 15 is 0 Å². The Kier molecular flexibility index (Phi) is 5.54. The normalized spacial score (nSPS) is 10.8. The molecule has 7 nitrogen and oxygen atoms in total. The summed E-state index contributed by atoms with van der Waals surface area (Å²) in [5.74, 6) is 1.76. The number of benzene rings is 2. The van der Waals surface area contributed by atoms with Gasteiger partial charge in [0.15, 0.2) is 0 Å². The van der Waals surface area contributed by atoms with E-state index in [1.807, 2.05) is 31.2 Å². The van der Waals surface area contributed by atoms with Crippen molar-refractivity contribution < 1.29 is 9.47 Å². The Morgan fingerprint density at radius 2 is 1.93 bits per heavy atom. The number of hydrogen-bond acceptors (Lipinski definition) is 7. The number of pyridine rings is 1. The van der Waals surface area contributed by atoms with Crippen molar-refractivity contribution in [3.8, 4) is 11.5 Å². The average molecular weight is 422 g/mol. The number of nitrogens with one attached hydrogen (secondary N) is 1. The zero-order valence-corrected chi connectivity index (χ0v) is 17.3. The van der Waals surface area contributed by atoms with Crippen LogP contribution in [0.2, 0.25) is 5.02 Å². The van der Waals surface area contributed by atoms with Gasteiger partial charge < -0.3 is 20.5 Å². The molecule has 0 fully saturated rings. The molecule has 0 aliphatic heterocycles. The second-order valence-electron chi connectivity index (χ2n) is 6.66. The standard InChI is InChI=1S/C22H20ClN5O2/c1-13-4-3-5-15(27-13)11-30-20-7-6-14(8-17(20)23)28-22-16-9-18(24)21(29-2)10-19(16)25-12-26-22/h3-10,12H,11,24H2,1-2H3,(H,25,26,28). The van der Waals surface area contributed by atoms with Crippen molar-refractivity contribution in [2.45, 2.75) is 13.5 Å². The van der Waals surface area contributed by atoms with Crippen LogP contribution < -0.4 is 20.5 Å². The van der Waals surface area contributed by atoms with Gasteiger partial charge in [0.25, 0.3) is 0 Å². The summed E-state index contributed by atoms with van der Waals surface area (Å²) < 4.78 is 11.1. The lowest BCUT2D eigenvalue weighted by Crippen LogP contribution is -2.01. The van der Waals surface area contributed by atoms with Gasteiger partial charge in [-0.3, -0.25) is 4.98 Å². The van der Waals surface area contributed by atoms with E-state index in [1.165, 1.54) is 6.33 Å². The van der Waals surface area contributed by atoms with Gasteiger partial charge in [0.1, 0.15) is 30.3 Å². The van der Waals surface area contributed by atoms with Crippen molar-refractivity contribution in [1.29, 1.82) is 0 Å². The summed E-state index contributed by atoms with van der Waals surface area (Å²) in [6.07, 6.45) is 1.48. The third-order valence-electron chi connectivity index (χ3n) is 4.50. The van der Waals surface area contributed by atoms with Gasteiger partial charge >= 0.3 is 0 Å². The van der Waals surface area contributed by atoms with Crippen molar-refractivity contribution >= 4 is 39.7 Å². The smallest absolute Gasteiger partial charge is 0.143 e. The van der Waals surface area contributed by atoms with Crippen molar-refractivity contribution in [3.05, 3.63) is 71.3 Å². The highest BCUT2D eigenvalue weighted by atomic mass is 35.5. The SMILES string of the molecule is COc1cc2ncnc(Nc3ccc(OCc4cccc(C)n4)c(Cl)c3)c2cc1N. The van der Waals surface area contributed by atoms with Crippen LogP contribution in [0.4, 0.5) is 17.2 Å². The van der Waals surface area contributed by atoms with Gasteiger partial charge in [-0.25, -0.2) is 9.97 Å². The van der Waals surface area contributed by atoms with E-state index in [-0.39, 0.29) is 0 Å². The Hall–Kier alpha value is -3.58. The van der Waals surface area contributed by atoms with Gasteiger partial charge in [0, 0.05) is 22.8 Å². The number of nitrogen functional groups attached to an aromatic ring is 1. The topological polar surface area (TPSA) is 95.2 Å². The van der Waals surface area contributed by atoms with Crippen LogP contribution in [-0.2, 0) is 6.61 Å². The molecular formula is C22H20ClN5O2. The van der Waals surface area contributed by atoms with Crippen LogP contribution in [0, 0.1) is 6.92 Å². The van der Waals surface area contributed by atoms with Crippen LogP contribution in [0.1, 0.15) is 11.4 Å². The average Bonchev–Trinajstić information content (AvgIpc) is 2.73. The molecule has 30 heavy (non-hydrogen) atoms. The number of methoxy groups -OCH3 is 1. The molecular weight excluding hydrogens is 402 g/mol. The number of anilines is 3. The first-order valence-electron chi connectivity index (χ1n) is 9.23. The number of aromatic nitrogens is 3. The second kappa shape index (κ2) is 8.42. The van der Waals surface area contributed by atoms with Crippen LogP contribution in [0.25, 0.3) is 10.9 Å². The maximum absolute atomic E-state index is 6.42. The molecule has 0 saturated heterocycles. The molecule has 3 N–H and O–H groups in total. The lowest BCUT2D eigenvalue weighted by molar-refractivity contribution is 0.301. The first kappa shape index (κ1) is 19.7. The molecule has 4 aromatic rings. The van der Waals surface area contributed by atoms with E-state index in [0.717, 1.165) is 28.0 Å². The number of hydrogen-bond donors (Lipinski definition) is 2. The third kappa shape index (κ3) is 4.21. The van der Waals surface area contributed by atoms with Gasteiger partial charge in [-0.05, 0) is 43.3 Å². The van der Waals surface area contributed by atoms with Crippen molar-refractivity contribution in [2.75, 3.05) is 18.2 Å². The summed E-state index contributed by atoms with van der Waals surface area (Å²) in [7, 11) is 1.57. The summed E-state index contributed by atoms with van der Waals surface area (Å²) in [5, 5.41) is 4.52. The van der Waals surface area contributed by atoms with E-state index in [4.69, 9.17) is 26.8 Å². The van der Waals surface area contributed by atoms with Crippen LogP contribution in [0.15, 0.2) is 54.9 Å². The predicted molar refractivity (Wildman–Crippen MR) is 119 cm³/mol. The van der Waals surface area contributed by atoms with E-state index in [2.05, 4.69) is 20.3 Å². The maximum atomic E-state index is 6.42. The fourth-order valence-corrected chi connectivity index (χ4v) is 3.28. The minimum Gasteiger partial charge on any atom is -0.495 e. The molecule has 0 radical (unpaired) electrons. The lowest BCUT2D eigenvalue weighted by atomic mass is 10.2. The van der Waals surface area contributed by atoms with E-state index < -0.39 is 0 Å². The molecule has 0 amide bonds. The maximum Gasteiger partial charge on any atom is 0.143 e. The van der Waals surface area contributed by atoms with E-state index in [0.29, 0.717) is 34.6 Å².